The summed E-state index contributed by atoms with van der Waals surface area (Å²) in [6, 6.07) is 65.3. The molecule has 0 saturated heterocycles. The van der Waals surface area contributed by atoms with E-state index in [1.54, 1.807) is 0 Å². The Kier molecular flexibility index (Phi) is 7.03. The third-order valence-electron chi connectivity index (χ3n) is 8.11. The Morgan fingerprint density at radius 1 is 0.282 bits per heavy atom. The van der Waals surface area contributed by atoms with Gasteiger partial charge in [0.1, 0.15) is 0 Å². The molecule has 192 valence electrons. The predicted octanol–water partition coefficient (Wildman–Crippen LogP) is 7.07. The molecule has 6 aromatic carbocycles. The number of rotatable bonds is 8. The van der Waals surface area contributed by atoms with Gasteiger partial charge in [-0.2, -0.15) is 0 Å². The molecule has 6 rings (SSSR count). The molecule has 0 atom stereocenters. The van der Waals surface area contributed by atoms with Gasteiger partial charge in [0.2, 0.25) is 0 Å². The molecule has 0 radical (unpaired) electrons. The normalized spacial score (nSPS) is 12.4. The Morgan fingerprint density at radius 3 is 1.00 bits per heavy atom. The predicted molar refractivity (Wildman–Crippen MR) is 171 cm³/mol. The van der Waals surface area contributed by atoms with Crippen LogP contribution in [0.1, 0.15) is 11.1 Å². The summed E-state index contributed by atoms with van der Waals surface area (Å²) < 4.78 is 4.42. The molecule has 1 heteroatoms. The molecule has 0 nitrogen and oxygen atoms in total. The Balaban J connectivity index is 1.71. The summed E-state index contributed by atoms with van der Waals surface area (Å²) in [6.07, 6.45) is 0. The molecule has 0 aliphatic rings. The molecule has 0 aromatic heterocycles. The molecular weight excluding hydrogens is 535 g/mol. The molecule has 0 aliphatic heterocycles. The number of hydrogen-bond donors (Lipinski definition) is 0. The quantitative estimate of drug-likeness (QED) is 0.172. The first-order chi connectivity index (χ1) is 19.3. The fraction of sp³-hybridized carbons (Fsp3) is 0.0526. The first-order valence-corrected chi connectivity index (χ1v) is 19.1. The van der Waals surface area contributed by atoms with Gasteiger partial charge in [-0.3, -0.25) is 0 Å². The van der Waals surface area contributed by atoms with Crippen LogP contribution in [0.4, 0.5) is 0 Å². The second kappa shape index (κ2) is 10.9. The van der Waals surface area contributed by atoms with Crippen molar-refractivity contribution < 1.29 is 0 Å². The van der Waals surface area contributed by atoms with Crippen molar-refractivity contribution in [1.29, 1.82) is 0 Å². The summed E-state index contributed by atoms with van der Waals surface area (Å²) in [5.74, 6) is 0. The van der Waals surface area contributed by atoms with Crippen LogP contribution in [0, 0.1) is 0 Å². The minimum atomic E-state index is -3.93. The van der Waals surface area contributed by atoms with E-state index in [9.17, 15) is 0 Å². The van der Waals surface area contributed by atoms with E-state index in [2.05, 4.69) is 176 Å². The van der Waals surface area contributed by atoms with Crippen LogP contribution in [0.3, 0.4) is 0 Å². The molecule has 39 heavy (non-hydrogen) atoms. The first-order valence-electron chi connectivity index (χ1n) is 13.6. The SMILES string of the molecule is c1ccc(C[SeH](Cc2ccccc2)(c2ccccc2)(c2ccccc2)c2ccc(-c3ccccc3)cc2)cc1. The van der Waals surface area contributed by atoms with Gasteiger partial charge in [0.25, 0.3) is 0 Å². The van der Waals surface area contributed by atoms with Gasteiger partial charge < -0.3 is 0 Å². The Hall–Kier alpha value is -4.16. The van der Waals surface area contributed by atoms with Crippen LogP contribution in [0.15, 0.2) is 176 Å². The summed E-state index contributed by atoms with van der Waals surface area (Å²) in [5, 5.41) is 2.01. The van der Waals surface area contributed by atoms with Gasteiger partial charge in [-0.1, -0.05) is 0 Å². The molecular formula is C38H34Se. The van der Waals surface area contributed by atoms with E-state index in [-0.39, 0.29) is 0 Å². The molecule has 0 bridgehead atoms. The van der Waals surface area contributed by atoms with E-state index >= 15 is 0 Å². The van der Waals surface area contributed by atoms with E-state index in [4.69, 9.17) is 0 Å². The zero-order valence-electron chi connectivity index (χ0n) is 22.1. The van der Waals surface area contributed by atoms with E-state index in [1.807, 2.05) is 0 Å². The van der Waals surface area contributed by atoms with Gasteiger partial charge in [0.15, 0.2) is 0 Å². The van der Waals surface area contributed by atoms with Crippen molar-refractivity contribution in [2.45, 2.75) is 10.6 Å². The molecule has 0 amide bonds. The van der Waals surface area contributed by atoms with E-state index in [1.165, 1.54) is 35.6 Å². The molecule has 0 spiro atoms. The van der Waals surface area contributed by atoms with Crippen molar-refractivity contribution in [1.82, 2.24) is 0 Å². The summed E-state index contributed by atoms with van der Waals surface area (Å²) in [5.41, 5.74) is 5.28. The summed E-state index contributed by atoms with van der Waals surface area (Å²) in [7, 11) is 0. The average Bonchev–Trinajstić information content (AvgIpc) is 3.03. The monoisotopic (exact) mass is 570 g/mol. The number of benzene rings is 6. The molecule has 0 unspecified atom stereocenters. The van der Waals surface area contributed by atoms with Crippen LogP contribution in [0.2, 0.25) is 0 Å². The molecule has 0 fully saturated rings. The van der Waals surface area contributed by atoms with Crippen LogP contribution >= 0.6 is 0 Å². The van der Waals surface area contributed by atoms with Gasteiger partial charge in [-0.05, 0) is 0 Å². The van der Waals surface area contributed by atoms with E-state index in [0.29, 0.717) is 0 Å². The Bertz CT molecular complexity index is 1520. The van der Waals surface area contributed by atoms with Crippen molar-refractivity contribution in [3.8, 4) is 11.1 Å². The van der Waals surface area contributed by atoms with Crippen LogP contribution in [-0.2, 0) is 10.6 Å². The van der Waals surface area contributed by atoms with Gasteiger partial charge >= 0.3 is 234 Å². The van der Waals surface area contributed by atoms with Crippen LogP contribution in [-0.4, -0.2) is 11.8 Å². The maximum atomic E-state index is 2.44. The van der Waals surface area contributed by atoms with Crippen LogP contribution < -0.4 is 13.4 Å². The zero-order chi connectivity index (χ0) is 26.4. The Morgan fingerprint density at radius 2 is 0.590 bits per heavy atom. The second-order valence-corrected chi connectivity index (χ2v) is 21.3. The van der Waals surface area contributed by atoms with Gasteiger partial charge in [-0.25, -0.2) is 0 Å². The summed E-state index contributed by atoms with van der Waals surface area (Å²) in [4.78, 5) is 0. The minimum absolute atomic E-state index is 1.01. The molecule has 6 aromatic rings. The summed E-state index contributed by atoms with van der Waals surface area (Å²) in [6.45, 7) is 0. The number of hydrogen-bond acceptors (Lipinski definition) is 0. The Labute approximate surface area is 233 Å². The standard InChI is InChI=1S/C38H34Se/c1-6-16-32(17-7-1)30-39(36-22-12-4-13-23-36,37-24-14-5-15-25-37,31-33-18-8-2-9-19-33)38-28-26-35(27-29-38)34-20-10-3-11-21-34/h1-29,39H,30-31H2. The first kappa shape index (κ1) is 25.1. The van der Waals surface area contributed by atoms with E-state index in [0.717, 1.165) is 10.6 Å². The molecule has 0 heterocycles. The van der Waals surface area contributed by atoms with Crippen molar-refractivity contribution in [3.63, 3.8) is 0 Å². The van der Waals surface area contributed by atoms with Crippen molar-refractivity contribution >= 4 is 25.2 Å². The fourth-order valence-electron chi connectivity index (χ4n) is 6.24. The molecule has 0 N–H and O–H groups in total. The van der Waals surface area contributed by atoms with Gasteiger partial charge in [0, 0.05) is 0 Å². The zero-order valence-corrected chi connectivity index (χ0v) is 24.0. The van der Waals surface area contributed by atoms with Crippen molar-refractivity contribution in [2.24, 2.45) is 0 Å². The average molecular weight is 570 g/mol. The summed E-state index contributed by atoms with van der Waals surface area (Å²) >= 11 is -3.93. The fourth-order valence-corrected chi connectivity index (χ4v) is 20.5. The maximum absolute atomic E-state index is 3.93. The van der Waals surface area contributed by atoms with Crippen LogP contribution in [0.5, 0.6) is 0 Å². The van der Waals surface area contributed by atoms with Crippen LogP contribution in [0.25, 0.3) is 11.1 Å². The second-order valence-electron chi connectivity index (χ2n) is 10.4. The van der Waals surface area contributed by atoms with Crippen molar-refractivity contribution in [2.75, 3.05) is 0 Å². The third-order valence-corrected chi connectivity index (χ3v) is 22.3. The molecule has 0 saturated carbocycles. The topological polar surface area (TPSA) is 0 Å². The van der Waals surface area contributed by atoms with E-state index < -0.39 is 11.8 Å². The third kappa shape index (κ3) is 4.66. The molecule has 0 aliphatic carbocycles. The van der Waals surface area contributed by atoms with Gasteiger partial charge in [0.05, 0.1) is 0 Å². The van der Waals surface area contributed by atoms with Gasteiger partial charge in [-0.15, -0.1) is 0 Å². The van der Waals surface area contributed by atoms with Crippen molar-refractivity contribution in [3.05, 3.63) is 187 Å².